The summed E-state index contributed by atoms with van der Waals surface area (Å²) in [5, 5.41) is 14.0. The second-order valence-electron chi connectivity index (χ2n) is 6.32. The molecule has 0 spiro atoms. The molecule has 0 radical (unpaired) electrons. The molecule has 1 saturated heterocycles. The summed E-state index contributed by atoms with van der Waals surface area (Å²) < 4.78 is 5.77. The molecule has 144 valence electrons. The largest absolute Gasteiger partial charge is 0.457 e. The first-order chi connectivity index (χ1) is 14.0. The van der Waals surface area contributed by atoms with Crippen molar-refractivity contribution in [1.82, 2.24) is 5.32 Å². The molecular weight excluding hydrogens is 390 g/mol. The number of furan rings is 1. The highest BCUT2D eigenvalue weighted by Gasteiger charge is 2.24. The number of amidine groups is 1. The van der Waals surface area contributed by atoms with E-state index in [0.29, 0.717) is 27.2 Å². The van der Waals surface area contributed by atoms with Crippen LogP contribution in [-0.4, -0.2) is 16.0 Å². The molecule has 4 rings (SSSR count). The Bertz CT molecular complexity index is 1150. The molecule has 1 amide bonds. The Labute approximate surface area is 170 Å². The number of aryl methyl sites for hydroxylation is 1. The Morgan fingerprint density at radius 1 is 1.07 bits per heavy atom. The first-order valence-corrected chi connectivity index (χ1v) is 9.50. The standard InChI is InChI=1S/C21H15N3O4S/c1-13-2-6-15(7-3-13)22-21-23-20(25)19(29-21)12-17-10-11-18(28-17)14-4-8-16(9-5-14)24(26)27/h2-12H,1H3,(H,22,23,25). The van der Waals surface area contributed by atoms with Crippen molar-refractivity contribution in [1.29, 1.82) is 0 Å². The van der Waals surface area contributed by atoms with Gasteiger partial charge in [0.1, 0.15) is 11.5 Å². The van der Waals surface area contributed by atoms with Crippen LogP contribution >= 0.6 is 11.8 Å². The second kappa shape index (κ2) is 7.76. The van der Waals surface area contributed by atoms with Gasteiger partial charge < -0.3 is 9.73 Å². The van der Waals surface area contributed by atoms with Crippen molar-refractivity contribution in [2.75, 3.05) is 0 Å². The number of nitro groups is 1. The number of non-ortho nitro benzene ring substituents is 1. The average Bonchev–Trinajstić information content (AvgIpc) is 3.31. The van der Waals surface area contributed by atoms with Crippen molar-refractivity contribution in [3.63, 3.8) is 0 Å². The van der Waals surface area contributed by atoms with E-state index in [9.17, 15) is 14.9 Å². The Hall–Kier alpha value is -3.65. The molecule has 1 fully saturated rings. The number of amides is 1. The summed E-state index contributed by atoms with van der Waals surface area (Å²) in [5.41, 5.74) is 2.63. The second-order valence-corrected chi connectivity index (χ2v) is 7.35. The molecule has 8 heteroatoms. The van der Waals surface area contributed by atoms with Crippen molar-refractivity contribution in [3.8, 4) is 11.3 Å². The molecule has 0 unspecified atom stereocenters. The van der Waals surface area contributed by atoms with E-state index in [1.165, 1.54) is 23.9 Å². The molecule has 2 aromatic carbocycles. The number of thioether (sulfide) groups is 1. The Morgan fingerprint density at radius 2 is 1.79 bits per heavy atom. The smallest absolute Gasteiger partial charge is 0.269 e. The molecule has 1 aromatic heterocycles. The maximum Gasteiger partial charge on any atom is 0.269 e. The number of carbonyl (C=O) groups is 1. The third-order valence-electron chi connectivity index (χ3n) is 4.18. The highest BCUT2D eigenvalue weighted by atomic mass is 32.2. The van der Waals surface area contributed by atoms with Gasteiger partial charge >= 0.3 is 0 Å². The molecule has 0 atom stereocenters. The van der Waals surface area contributed by atoms with Crippen LogP contribution in [0.2, 0.25) is 0 Å². The van der Waals surface area contributed by atoms with Gasteiger partial charge in [-0.25, -0.2) is 4.99 Å². The number of hydrogen-bond donors (Lipinski definition) is 1. The van der Waals surface area contributed by atoms with Gasteiger partial charge in [-0.1, -0.05) is 17.7 Å². The van der Waals surface area contributed by atoms with Gasteiger partial charge in [-0.05, 0) is 55.1 Å². The van der Waals surface area contributed by atoms with Crippen molar-refractivity contribution in [2.45, 2.75) is 6.92 Å². The van der Waals surface area contributed by atoms with Crippen LogP contribution in [0.1, 0.15) is 11.3 Å². The number of hydrogen-bond acceptors (Lipinski definition) is 6. The summed E-state index contributed by atoms with van der Waals surface area (Å²) in [6.07, 6.45) is 1.65. The summed E-state index contributed by atoms with van der Waals surface area (Å²) in [4.78, 5) is 27.4. The maximum atomic E-state index is 12.2. The zero-order chi connectivity index (χ0) is 20.4. The number of carbonyl (C=O) groups excluding carboxylic acids is 1. The van der Waals surface area contributed by atoms with E-state index in [4.69, 9.17) is 4.42 Å². The number of benzene rings is 2. The van der Waals surface area contributed by atoms with Gasteiger partial charge in [0.2, 0.25) is 0 Å². The third kappa shape index (κ3) is 4.27. The van der Waals surface area contributed by atoms with Gasteiger partial charge in [0.15, 0.2) is 5.17 Å². The lowest BCUT2D eigenvalue weighted by atomic mass is 10.1. The molecule has 0 saturated carbocycles. The quantitative estimate of drug-likeness (QED) is 0.372. The fraction of sp³-hybridized carbons (Fsp3) is 0.0476. The summed E-state index contributed by atoms with van der Waals surface area (Å²) in [6.45, 7) is 2.00. The van der Waals surface area contributed by atoms with Crippen LogP contribution in [-0.2, 0) is 4.79 Å². The molecule has 7 nitrogen and oxygen atoms in total. The molecular formula is C21H15N3O4S. The first-order valence-electron chi connectivity index (χ1n) is 8.69. The zero-order valence-corrected chi connectivity index (χ0v) is 16.1. The Balaban J connectivity index is 1.52. The van der Waals surface area contributed by atoms with Crippen molar-refractivity contribution in [2.24, 2.45) is 4.99 Å². The molecule has 3 aromatic rings. The van der Waals surface area contributed by atoms with E-state index in [2.05, 4.69) is 10.3 Å². The molecule has 29 heavy (non-hydrogen) atoms. The van der Waals surface area contributed by atoms with Crippen LogP contribution < -0.4 is 5.32 Å². The van der Waals surface area contributed by atoms with E-state index in [1.54, 1.807) is 30.3 Å². The zero-order valence-electron chi connectivity index (χ0n) is 15.3. The van der Waals surface area contributed by atoms with Gasteiger partial charge in [-0.15, -0.1) is 0 Å². The lowest BCUT2D eigenvalue weighted by Gasteiger charge is -1.97. The predicted molar refractivity (Wildman–Crippen MR) is 113 cm³/mol. The summed E-state index contributed by atoms with van der Waals surface area (Å²) >= 11 is 1.24. The molecule has 1 aliphatic heterocycles. The van der Waals surface area contributed by atoms with E-state index in [0.717, 1.165) is 11.3 Å². The van der Waals surface area contributed by atoms with E-state index < -0.39 is 4.92 Å². The van der Waals surface area contributed by atoms with Gasteiger partial charge in [0.05, 0.1) is 15.5 Å². The monoisotopic (exact) mass is 405 g/mol. The highest BCUT2D eigenvalue weighted by molar-refractivity contribution is 8.18. The van der Waals surface area contributed by atoms with Crippen molar-refractivity contribution < 1.29 is 14.1 Å². The normalized spacial score (nSPS) is 16.4. The van der Waals surface area contributed by atoms with Crippen LogP contribution in [0.4, 0.5) is 11.4 Å². The SMILES string of the molecule is Cc1ccc(N=C2NC(=O)C(=Cc3ccc(-c4ccc([N+](=O)[O-])cc4)o3)S2)cc1. The number of nitrogens with zero attached hydrogens (tertiary/aromatic N) is 2. The van der Waals surface area contributed by atoms with E-state index in [1.807, 2.05) is 31.2 Å². The van der Waals surface area contributed by atoms with Crippen LogP contribution in [0.5, 0.6) is 0 Å². The van der Waals surface area contributed by atoms with Crippen molar-refractivity contribution >= 4 is 40.3 Å². The minimum atomic E-state index is -0.451. The van der Waals surface area contributed by atoms with Crippen molar-refractivity contribution in [3.05, 3.63) is 87.0 Å². The van der Waals surface area contributed by atoms with E-state index in [-0.39, 0.29) is 11.6 Å². The number of nitrogens with one attached hydrogen (secondary N) is 1. The fourth-order valence-corrected chi connectivity index (χ4v) is 3.50. The van der Waals surface area contributed by atoms with Gasteiger partial charge in [-0.3, -0.25) is 14.9 Å². The minimum absolute atomic E-state index is 0.0158. The lowest BCUT2D eigenvalue weighted by molar-refractivity contribution is -0.384. The highest BCUT2D eigenvalue weighted by Crippen LogP contribution is 2.30. The van der Waals surface area contributed by atoms with E-state index >= 15 is 0 Å². The average molecular weight is 405 g/mol. The summed E-state index contributed by atoms with van der Waals surface area (Å²) in [7, 11) is 0. The lowest BCUT2D eigenvalue weighted by Crippen LogP contribution is -2.19. The minimum Gasteiger partial charge on any atom is -0.457 e. The van der Waals surface area contributed by atoms with Crippen LogP contribution in [0.25, 0.3) is 17.4 Å². The third-order valence-corrected chi connectivity index (χ3v) is 5.09. The fourth-order valence-electron chi connectivity index (χ4n) is 2.68. The van der Waals surface area contributed by atoms with Gasteiger partial charge in [0, 0.05) is 23.8 Å². The molecule has 1 N–H and O–H groups in total. The molecule has 0 aliphatic carbocycles. The van der Waals surface area contributed by atoms with Crippen LogP contribution in [0, 0.1) is 17.0 Å². The summed E-state index contributed by atoms with van der Waals surface area (Å²) in [5.74, 6) is 0.824. The topological polar surface area (TPSA) is 97.7 Å². The number of rotatable bonds is 4. The van der Waals surface area contributed by atoms with Crippen LogP contribution in [0.3, 0.4) is 0 Å². The number of aliphatic imine (C=N–C) groups is 1. The number of nitro benzene ring substituents is 1. The molecule has 2 heterocycles. The van der Waals surface area contributed by atoms with Crippen LogP contribution in [0.15, 0.2) is 75.0 Å². The Morgan fingerprint density at radius 3 is 2.48 bits per heavy atom. The predicted octanol–water partition coefficient (Wildman–Crippen LogP) is 5.05. The maximum absolute atomic E-state index is 12.2. The molecule has 0 bridgehead atoms. The van der Waals surface area contributed by atoms with Gasteiger partial charge in [-0.2, -0.15) is 0 Å². The van der Waals surface area contributed by atoms with Gasteiger partial charge in [0.25, 0.3) is 11.6 Å². The first kappa shape index (κ1) is 18.7. The molecule has 1 aliphatic rings. The Kier molecular flexibility index (Phi) is 5.01. The summed E-state index contributed by atoms with van der Waals surface area (Å²) in [6, 6.07) is 17.3.